The number of nitrogens with zero attached hydrogens (tertiary/aromatic N) is 5. The number of hydrogen-bond acceptors (Lipinski definition) is 7. The van der Waals surface area contributed by atoms with Gasteiger partial charge >= 0.3 is 0 Å². The van der Waals surface area contributed by atoms with Crippen LogP contribution in [0.25, 0.3) is 0 Å². The second-order valence-electron chi connectivity index (χ2n) is 9.75. The summed E-state index contributed by atoms with van der Waals surface area (Å²) in [4.78, 5) is 39.3. The predicted octanol–water partition coefficient (Wildman–Crippen LogP) is 3.58. The van der Waals surface area contributed by atoms with E-state index in [2.05, 4.69) is 43.4 Å². The first kappa shape index (κ1) is 26.0. The van der Waals surface area contributed by atoms with Gasteiger partial charge in [-0.2, -0.15) is 0 Å². The molecule has 0 aliphatic carbocycles. The van der Waals surface area contributed by atoms with Crippen LogP contribution in [0.2, 0.25) is 0 Å². The molecule has 202 valence electrons. The van der Waals surface area contributed by atoms with Gasteiger partial charge in [-0.05, 0) is 55.8 Å². The summed E-state index contributed by atoms with van der Waals surface area (Å²) in [5.74, 6) is 1.30. The second kappa shape index (κ2) is 11.4. The highest BCUT2D eigenvalue weighted by atomic mass is 16.3. The lowest BCUT2D eigenvalue weighted by atomic mass is 10.1. The zero-order chi connectivity index (χ0) is 27.4. The van der Waals surface area contributed by atoms with E-state index in [1.54, 1.807) is 37.5 Å². The van der Waals surface area contributed by atoms with Gasteiger partial charge in [-0.1, -0.05) is 6.07 Å². The number of nitrogens with one attached hydrogen (secondary N) is 2. The summed E-state index contributed by atoms with van der Waals surface area (Å²) < 4.78 is 7.40. The van der Waals surface area contributed by atoms with Crippen molar-refractivity contribution in [2.24, 2.45) is 7.05 Å². The maximum absolute atomic E-state index is 13.0. The van der Waals surface area contributed by atoms with E-state index in [0.29, 0.717) is 30.0 Å². The lowest BCUT2D eigenvalue weighted by molar-refractivity contribution is 0.0952. The minimum absolute atomic E-state index is 0.211. The van der Waals surface area contributed by atoms with E-state index in [1.807, 2.05) is 36.1 Å². The summed E-state index contributed by atoms with van der Waals surface area (Å²) in [5, 5.41) is 5.93. The molecule has 1 saturated heterocycles. The largest absolute Gasteiger partial charge is 0.456 e. The van der Waals surface area contributed by atoms with Crippen molar-refractivity contribution >= 4 is 29.0 Å². The van der Waals surface area contributed by atoms with Crippen molar-refractivity contribution in [3.05, 3.63) is 89.5 Å². The highest BCUT2D eigenvalue weighted by Gasteiger charge is 2.23. The van der Waals surface area contributed by atoms with Gasteiger partial charge < -0.3 is 29.4 Å². The number of imidazole rings is 1. The number of piperazine rings is 1. The number of rotatable bonds is 8. The summed E-state index contributed by atoms with van der Waals surface area (Å²) in [7, 11) is 1.91. The zero-order valence-corrected chi connectivity index (χ0v) is 22.5. The van der Waals surface area contributed by atoms with Gasteiger partial charge in [0.2, 0.25) is 0 Å². The topological polar surface area (TPSA) is 109 Å². The van der Waals surface area contributed by atoms with Crippen LogP contribution in [-0.2, 0) is 13.5 Å². The molecule has 4 heterocycles. The third-order valence-electron chi connectivity index (χ3n) is 6.80. The SMILES string of the molecule is Cc1ccc(C(=O)Nc2cc(C(=O)NCCc3cn(C)cn3)ccc2N2CCN(c3ncccc3C)CC2)o1. The molecule has 10 heteroatoms. The van der Waals surface area contributed by atoms with E-state index in [4.69, 9.17) is 4.42 Å². The Labute approximate surface area is 227 Å². The fourth-order valence-corrected chi connectivity index (χ4v) is 4.76. The smallest absolute Gasteiger partial charge is 0.291 e. The molecule has 0 saturated carbocycles. The van der Waals surface area contributed by atoms with Gasteiger partial charge in [0.1, 0.15) is 11.6 Å². The van der Waals surface area contributed by atoms with Gasteiger partial charge in [-0.3, -0.25) is 9.59 Å². The fourth-order valence-electron chi connectivity index (χ4n) is 4.76. The van der Waals surface area contributed by atoms with E-state index < -0.39 is 0 Å². The Morgan fingerprint density at radius 2 is 1.77 bits per heavy atom. The Morgan fingerprint density at radius 1 is 0.974 bits per heavy atom. The van der Waals surface area contributed by atoms with E-state index in [9.17, 15) is 9.59 Å². The molecule has 1 aliphatic rings. The molecule has 0 radical (unpaired) electrons. The number of carbonyl (C=O) groups excluding carboxylic acids is 2. The standard InChI is InChI=1S/C29H33N7O3/c1-20-5-4-11-30-27(20)36-15-13-35(14-16-36)25-8-7-22(28(37)31-12-10-23-18-34(3)19-32-23)17-24(25)33-29(38)26-9-6-21(2)39-26/h4-9,11,17-19H,10,12-16H2,1-3H3,(H,31,37)(H,33,38). The van der Waals surface area contributed by atoms with Crippen LogP contribution in [0.4, 0.5) is 17.2 Å². The average Bonchev–Trinajstić information content (AvgIpc) is 3.57. The fraction of sp³-hybridized carbons (Fsp3) is 0.310. The van der Waals surface area contributed by atoms with Crippen LogP contribution in [0.15, 0.2) is 65.6 Å². The highest BCUT2D eigenvalue weighted by Crippen LogP contribution is 2.30. The van der Waals surface area contributed by atoms with Crippen LogP contribution in [0.5, 0.6) is 0 Å². The van der Waals surface area contributed by atoms with Crippen molar-refractivity contribution in [1.82, 2.24) is 19.9 Å². The number of furan rings is 1. The molecule has 5 rings (SSSR count). The minimum Gasteiger partial charge on any atom is -0.456 e. The molecule has 0 unspecified atom stereocenters. The average molecular weight is 528 g/mol. The van der Waals surface area contributed by atoms with Gasteiger partial charge in [0.25, 0.3) is 11.8 Å². The van der Waals surface area contributed by atoms with Crippen LogP contribution >= 0.6 is 0 Å². The Hall–Kier alpha value is -4.60. The molecule has 0 spiro atoms. The van der Waals surface area contributed by atoms with Gasteiger partial charge in [0, 0.05) is 64.1 Å². The molecule has 1 aliphatic heterocycles. The van der Waals surface area contributed by atoms with Crippen molar-refractivity contribution in [2.45, 2.75) is 20.3 Å². The maximum atomic E-state index is 13.0. The number of anilines is 3. The van der Waals surface area contributed by atoms with Crippen molar-refractivity contribution in [1.29, 1.82) is 0 Å². The van der Waals surface area contributed by atoms with Gasteiger partial charge in [-0.25, -0.2) is 9.97 Å². The number of aryl methyl sites for hydroxylation is 3. The molecule has 1 fully saturated rings. The van der Waals surface area contributed by atoms with Crippen LogP contribution in [0, 0.1) is 13.8 Å². The van der Waals surface area contributed by atoms with E-state index >= 15 is 0 Å². The molecule has 4 aromatic rings. The molecule has 2 N–H and O–H groups in total. The van der Waals surface area contributed by atoms with E-state index in [-0.39, 0.29) is 17.6 Å². The highest BCUT2D eigenvalue weighted by molar-refractivity contribution is 6.05. The summed E-state index contributed by atoms with van der Waals surface area (Å²) in [6, 6.07) is 12.8. The van der Waals surface area contributed by atoms with Crippen LogP contribution < -0.4 is 20.4 Å². The van der Waals surface area contributed by atoms with Crippen molar-refractivity contribution in [3.63, 3.8) is 0 Å². The summed E-state index contributed by atoms with van der Waals surface area (Å²) >= 11 is 0. The second-order valence-corrected chi connectivity index (χ2v) is 9.75. The van der Waals surface area contributed by atoms with E-state index in [0.717, 1.165) is 48.9 Å². The third kappa shape index (κ3) is 6.11. The number of aromatic nitrogens is 3. The Balaban J connectivity index is 1.32. The number of benzene rings is 1. The number of carbonyl (C=O) groups is 2. The first-order valence-electron chi connectivity index (χ1n) is 13.1. The monoisotopic (exact) mass is 527 g/mol. The lowest BCUT2D eigenvalue weighted by Crippen LogP contribution is -2.47. The first-order chi connectivity index (χ1) is 18.9. The third-order valence-corrected chi connectivity index (χ3v) is 6.80. The molecule has 0 bridgehead atoms. The van der Waals surface area contributed by atoms with Crippen LogP contribution in [0.1, 0.15) is 37.9 Å². The van der Waals surface area contributed by atoms with Gasteiger partial charge in [0.15, 0.2) is 5.76 Å². The van der Waals surface area contributed by atoms with Crippen LogP contribution in [0.3, 0.4) is 0 Å². The molecule has 10 nitrogen and oxygen atoms in total. The number of amides is 2. The molecule has 3 aromatic heterocycles. The normalized spacial score (nSPS) is 13.4. The summed E-state index contributed by atoms with van der Waals surface area (Å²) in [5.41, 5.74) is 3.94. The maximum Gasteiger partial charge on any atom is 0.291 e. The van der Waals surface area contributed by atoms with Crippen molar-refractivity contribution < 1.29 is 14.0 Å². The molecule has 2 amide bonds. The Bertz CT molecular complexity index is 1470. The molecular formula is C29H33N7O3. The Morgan fingerprint density at radius 3 is 2.46 bits per heavy atom. The summed E-state index contributed by atoms with van der Waals surface area (Å²) in [6.45, 7) is 7.39. The van der Waals surface area contributed by atoms with Crippen LogP contribution in [-0.4, -0.2) is 59.1 Å². The molecular weight excluding hydrogens is 494 g/mol. The van der Waals surface area contributed by atoms with Gasteiger partial charge in [0.05, 0.1) is 23.4 Å². The minimum atomic E-state index is -0.361. The van der Waals surface area contributed by atoms with E-state index in [1.165, 1.54) is 0 Å². The van der Waals surface area contributed by atoms with Crippen molar-refractivity contribution in [3.8, 4) is 0 Å². The molecule has 0 atom stereocenters. The zero-order valence-electron chi connectivity index (χ0n) is 22.5. The Kier molecular flexibility index (Phi) is 7.62. The quantitative estimate of drug-likeness (QED) is 0.361. The number of pyridine rings is 1. The van der Waals surface area contributed by atoms with Crippen molar-refractivity contribution in [2.75, 3.05) is 47.8 Å². The molecule has 39 heavy (non-hydrogen) atoms. The molecule has 1 aromatic carbocycles. The number of hydrogen-bond donors (Lipinski definition) is 2. The first-order valence-corrected chi connectivity index (χ1v) is 13.1. The lowest BCUT2D eigenvalue weighted by Gasteiger charge is -2.38. The predicted molar refractivity (Wildman–Crippen MR) is 150 cm³/mol. The van der Waals surface area contributed by atoms with Gasteiger partial charge in [-0.15, -0.1) is 0 Å². The summed E-state index contributed by atoms with van der Waals surface area (Å²) in [6.07, 6.45) is 6.12.